The van der Waals surface area contributed by atoms with Crippen LogP contribution in [0.3, 0.4) is 0 Å². The summed E-state index contributed by atoms with van der Waals surface area (Å²) in [6.07, 6.45) is 5.97. The van der Waals surface area contributed by atoms with Crippen LogP contribution in [-0.4, -0.2) is 35.7 Å². The number of carbonyl (C=O) groups is 1. The number of amidine groups is 1. The lowest BCUT2D eigenvalue weighted by Crippen LogP contribution is -2.53. The van der Waals surface area contributed by atoms with Crippen molar-refractivity contribution in [3.8, 4) is 0 Å². The molecule has 2 aliphatic rings. The van der Waals surface area contributed by atoms with Gasteiger partial charge in [-0.15, -0.1) is 0 Å². The van der Waals surface area contributed by atoms with Gasteiger partial charge in [0.2, 0.25) is 5.91 Å². The Morgan fingerprint density at radius 2 is 2.05 bits per heavy atom. The maximum absolute atomic E-state index is 12.3. The number of hydrogen-bond acceptors (Lipinski definition) is 4. The average Bonchev–Trinajstić information content (AvgIpc) is 2.91. The van der Waals surface area contributed by atoms with E-state index in [1.165, 1.54) is 6.42 Å². The van der Waals surface area contributed by atoms with Crippen molar-refractivity contribution in [3.05, 3.63) is 0 Å². The fourth-order valence-corrected chi connectivity index (χ4v) is 3.23. The molecule has 0 radical (unpaired) electrons. The van der Waals surface area contributed by atoms with Crippen LogP contribution in [0.2, 0.25) is 0 Å². The van der Waals surface area contributed by atoms with Gasteiger partial charge in [-0.2, -0.15) is 0 Å². The SMILES string of the molecule is CC1CCOC1C(=O)NC(C(N)=NO)C1CCCCC1. The molecule has 4 N–H and O–H groups in total. The molecule has 1 saturated carbocycles. The van der Waals surface area contributed by atoms with Crippen molar-refractivity contribution in [1.29, 1.82) is 0 Å². The number of carbonyl (C=O) groups excluding carboxylic acids is 1. The number of hydrogen-bond donors (Lipinski definition) is 3. The lowest BCUT2D eigenvalue weighted by molar-refractivity contribution is -0.132. The van der Waals surface area contributed by atoms with Gasteiger partial charge in [-0.05, 0) is 31.1 Å². The van der Waals surface area contributed by atoms with E-state index in [-0.39, 0.29) is 29.6 Å². The lowest BCUT2D eigenvalue weighted by atomic mass is 9.83. The lowest BCUT2D eigenvalue weighted by Gasteiger charge is -2.31. The summed E-state index contributed by atoms with van der Waals surface area (Å²) in [6.45, 7) is 2.63. The van der Waals surface area contributed by atoms with Crippen LogP contribution in [-0.2, 0) is 9.53 Å². The summed E-state index contributed by atoms with van der Waals surface area (Å²) >= 11 is 0. The first kappa shape index (κ1) is 15.1. The molecule has 2 fully saturated rings. The Labute approximate surface area is 119 Å². The number of nitrogens with two attached hydrogens (primary N) is 1. The Morgan fingerprint density at radius 3 is 2.60 bits per heavy atom. The number of oxime groups is 1. The summed E-state index contributed by atoms with van der Waals surface area (Å²) in [4.78, 5) is 12.3. The van der Waals surface area contributed by atoms with Gasteiger partial charge >= 0.3 is 0 Å². The number of rotatable bonds is 4. The predicted molar refractivity (Wildman–Crippen MR) is 75.4 cm³/mol. The molecule has 0 bridgehead atoms. The fourth-order valence-electron chi connectivity index (χ4n) is 3.23. The molecule has 1 aliphatic heterocycles. The molecule has 0 aromatic rings. The highest BCUT2D eigenvalue weighted by molar-refractivity contribution is 5.91. The van der Waals surface area contributed by atoms with Gasteiger partial charge in [0, 0.05) is 6.61 Å². The second-order valence-electron chi connectivity index (χ2n) is 5.97. The molecule has 3 atom stereocenters. The van der Waals surface area contributed by atoms with Crippen molar-refractivity contribution in [1.82, 2.24) is 5.32 Å². The molecule has 0 spiro atoms. The van der Waals surface area contributed by atoms with E-state index in [0.717, 1.165) is 32.1 Å². The van der Waals surface area contributed by atoms with Crippen LogP contribution in [0.4, 0.5) is 0 Å². The molecular weight excluding hydrogens is 258 g/mol. The Hall–Kier alpha value is -1.30. The Bertz CT molecular complexity index is 367. The number of nitrogens with zero attached hydrogens (tertiary/aromatic N) is 1. The van der Waals surface area contributed by atoms with Crippen LogP contribution in [0.15, 0.2) is 5.16 Å². The van der Waals surface area contributed by atoms with Crippen molar-refractivity contribution in [2.24, 2.45) is 22.7 Å². The second kappa shape index (κ2) is 6.92. The number of nitrogens with one attached hydrogen (secondary N) is 1. The van der Waals surface area contributed by atoms with Crippen LogP contribution < -0.4 is 11.1 Å². The third kappa shape index (κ3) is 3.42. The van der Waals surface area contributed by atoms with Crippen LogP contribution in [0.5, 0.6) is 0 Å². The van der Waals surface area contributed by atoms with Crippen molar-refractivity contribution in [2.75, 3.05) is 6.61 Å². The molecule has 0 aromatic carbocycles. The molecule has 1 heterocycles. The minimum absolute atomic E-state index is 0.0934. The molecule has 20 heavy (non-hydrogen) atoms. The molecule has 6 heteroatoms. The molecular formula is C14H25N3O3. The van der Waals surface area contributed by atoms with Gasteiger partial charge in [0.25, 0.3) is 0 Å². The van der Waals surface area contributed by atoms with Crippen LogP contribution in [0, 0.1) is 11.8 Å². The van der Waals surface area contributed by atoms with Crippen molar-refractivity contribution in [3.63, 3.8) is 0 Å². The minimum atomic E-state index is -0.410. The summed E-state index contributed by atoms with van der Waals surface area (Å²) < 4.78 is 5.47. The van der Waals surface area contributed by atoms with Crippen LogP contribution >= 0.6 is 0 Å². The average molecular weight is 283 g/mol. The predicted octanol–water partition coefficient (Wildman–Crippen LogP) is 1.22. The van der Waals surface area contributed by atoms with Gasteiger partial charge < -0.3 is 21.0 Å². The quantitative estimate of drug-likeness (QED) is 0.313. The fraction of sp³-hybridized carbons (Fsp3) is 0.857. The number of ether oxygens (including phenoxy) is 1. The number of amides is 1. The Balaban J connectivity index is 2.01. The van der Waals surface area contributed by atoms with E-state index < -0.39 is 6.10 Å². The first-order valence-corrected chi connectivity index (χ1v) is 7.53. The summed E-state index contributed by atoms with van der Waals surface area (Å²) in [7, 11) is 0. The first-order valence-electron chi connectivity index (χ1n) is 7.53. The third-order valence-corrected chi connectivity index (χ3v) is 4.50. The molecule has 1 saturated heterocycles. The van der Waals surface area contributed by atoms with E-state index in [9.17, 15) is 4.79 Å². The highest BCUT2D eigenvalue weighted by atomic mass is 16.5. The first-order chi connectivity index (χ1) is 9.63. The Kier molecular flexibility index (Phi) is 5.23. The third-order valence-electron chi connectivity index (χ3n) is 4.50. The van der Waals surface area contributed by atoms with E-state index in [2.05, 4.69) is 10.5 Å². The molecule has 6 nitrogen and oxygen atoms in total. The molecule has 0 aromatic heterocycles. The van der Waals surface area contributed by atoms with Crippen molar-refractivity contribution < 1.29 is 14.7 Å². The largest absolute Gasteiger partial charge is 0.409 e. The van der Waals surface area contributed by atoms with E-state index in [1.54, 1.807) is 0 Å². The van der Waals surface area contributed by atoms with E-state index in [4.69, 9.17) is 15.7 Å². The molecule has 114 valence electrons. The van der Waals surface area contributed by atoms with Gasteiger partial charge in [0.05, 0.1) is 6.04 Å². The maximum Gasteiger partial charge on any atom is 0.250 e. The maximum atomic E-state index is 12.3. The van der Waals surface area contributed by atoms with Gasteiger partial charge in [0.1, 0.15) is 6.10 Å². The highest BCUT2D eigenvalue weighted by Gasteiger charge is 2.35. The second-order valence-corrected chi connectivity index (χ2v) is 5.97. The normalized spacial score (nSPS) is 30.1. The van der Waals surface area contributed by atoms with Gasteiger partial charge in [-0.25, -0.2) is 0 Å². The van der Waals surface area contributed by atoms with Crippen LogP contribution in [0.1, 0.15) is 45.4 Å². The zero-order valence-electron chi connectivity index (χ0n) is 12.0. The van der Waals surface area contributed by atoms with Crippen LogP contribution in [0.25, 0.3) is 0 Å². The molecule has 1 aliphatic carbocycles. The van der Waals surface area contributed by atoms with Crippen molar-refractivity contribution in [2.45, 2.75) is 57.6 Å². The Morgan fingerprint density at radius 1 is 1.35 bits per heavy atom. The summed E-state index contributed by atoms with van der Waals surface area (Å²) in [5, 5.41) is 15.0. The minimum Gasteiger partial charge on any atom is -0.409 e. The van der Waals surface area contributed by atoms with Gasteiger partial charge in [-0.3, -0.25) is 4.79 Å². The highest BCUT2D eigenvalue weighted by Crippen LogP contribution is 2.27. The summed E-state index contributed by atoms with van der Waals surface area (Å²) in [5.74, 6) is 0.419. The molecule has 3 unspecified atom stereocenters. The molecule has 1 amide bonds. The van der Waals surface area contributed by atoms with Crippen molar-refractivity contribution >= 4 is 11.7 Å². The van der Waals surface area contributed by atoms with E-state index in [0.29, 0.717) is 6.61 Å². The summed E-state index contributed by atoms with van der Waals surface area (Å²) in [5.41, 5.74) is 5.77. The smallest absolute Gasteiger partial charge is 0.250 e. The van der Waals surface area contributed by atoms with Gasteiger partial charge in [-0.1, -0.05) is 31.3 Å². The molecule has 2 rings (SSSR count). The monoisotopic (exact) mass is 283 g/mol. The zero-order chi connectivity index (χ0) is 14.5. The van der Waals surface area contributed by atoms with E-state index >= 15 is 0 Å². The topological polar surface area (TPSA) is 96.9 Å². The zero-order valence-corrected chi connectivity index (χ0v) is 12.0. The standard InChI is InChI=1S/C14H25N3O3/c1-9-7-8-20-12(9)14(18)16-11(13(15)17-19)10-5-3-2-4-6-10/h9-12,19H,2-8H2,1H3,(H2,15,17)(H,16,18). The van der Waals surface area contributed by atoms with E-state index in [1.807, 2.05) is 6.92 Å². The van der Waals surface area contributed by atoms with Gasteiger partial charge in [0.15, 0.2) is 5.84 Å². The summed E-state index contributed by atoms with van der Waals surface area (Å²) in [6, 6.07) is -0.385.